The van der Waals surface area contributed by atoms with E-state index in [4.69, 9.17) is 9.40 Å². The van der Waals surface area contributed by atoms with Gasteiger partial charge in [0.25, 0.3) is 0 Å². The molecule has 25 heavy (non-hydrogen) atoms. The third-order valence-corrected chi connectivity index (χ3v) is 4.32. The van der Waals surface area contributed by atoms with Gasteiger partial charge in [-0.1, -0.05) is 18.2 Å². The van der Waals surface area contributed by atoms with Gasteiger partial charge in [-0.2, -0.15) is 0 Å². The molecule has 4 rings (SSSR count). The van der Waals surface area contributed by atoms with Gasteiger partial charge in [-0.15, -0.1) is 6.58 Å². The summed E-state index contributed by atoms with van der Waals surface area (Å²) >= 11 is 0. The average Bonchev–Trinajstić information content (AvgIpc) is 2.63. The molecule has 1 heterocycles. The van der Waals surface area contributed by atoms with Crippen molar-refractivity contribution in [1.82, 2.24) is 9.56 Å². The number of hydrogen-bond acceptors (Lipinski definition) is 3. The van der Waals surface area contributed by atoms with Crippen LogP contribution in [0.5, 0.6) is 0 Å². The second kappa shape index (κ2) is 6.06. The fraction of sp³-hybridized carbons (Fsp3) is 0.143. The minimum absolute atomic E-state index is 0.742. The number of anilines is 1. The minimum atomic E-state index is 0.742. The predicted octanol–water partition coefficient (Wildman–Crippen LogP) is 3.72. The van der Waals surface area contributed by atoms with E-state index in [0.29, 0.717) is 0 Å². The molecule has 1 N–H and O–H groups in total. The largest absolute Gasteiger partial charge is 0.453 e. The van der Waals surface area contributed by atoms with Gasteiger partial charge in [0.15, 0.2) is 11.3 Å². The van der Waals surface area contributed by atoms with Crippen LogP contribution in [0.25, 0.3) is 33.3 Å². The van der Waals surface area contributed by atoms with E-state index in [0.717, 1.165) is 50.9 Å². The third-order valence-electron chi connectivity index (χ3n) is 4.32. The lowest BCUT2D eigenvalue weighted by molar-refractivity contribution is 0.611. The van der Waals surface area contributed by atoms with Crippen molar-refractivity contribution in [2.45, 2.75) is 0 Å². The highest BCUT2D eigenvalue weighted by Crippen LogP contribution is 2.30. The molecule has 0 radical (unpaired) electrons. The SMILES string of the molecule is C=CCNc1ccc2c(ccc3oc4cc(=[N+](C)C)ccc-4nc32)c1. The van der Waals surface area contributed by atoms with Crippen molar-refractivity contribution in [3.8, 4) is 11.5 Å². The molecule has 0 aromatic heterocycles. The van der Waals surface area contributed by atoms with E-state index in [1.165, 1.54) is 0 Å². The zero-order valence-electron chi connectivity index (χ0n) is 14.4. The Balaban J connectivity index is 1.95. The van der Waals surface area contributed by atoms with Crippen molar-refractivity contribution in [2.24, 2.45) is 0 Å². The summed E-state index contributed by atoms with van der Waals surface area (Å²) in [5.74, 6) is 0.794. The van der Waals surface area contributed by atoms with Crippen molar-refractivity contribution in [2.75, 3.05) is 26.0 Å². The number of nitrogens with one attached hydrogen (secondary N) is 1. The van der Waals surface area contributed by atoms with Crippen LogP contribution in [-0.2, 0) is 0 Å². The van der Waals surface area contributed by atoms with E-state index in [1.807, 2.05) is 38.4 Å². The van der Waals surface area contributed by atoms with Gasteiger partial charge in [0.05, 0.1) is 6.07 Å². The van der Waals surface area contributed by atoms with Crippen molar-refractivity contribution in [1.29, 1.82) is 0 Å². The zero-order chi connectivity index (χ0) is 17.4. The Morgan fingerprint density at radius 2 is 2.00 bits per heavy atom. The summed E-state index contributed by atoms with van der Waals surface area (Å²) in [6, 6.07) is 16.4. The summed E-state index contributed by atoms with van der Waals surface area (Å²) < 4.78 is 8.18. The first-order valence-corrected chi connectivity index (χ1v) is 8.28. The maximum Gasteiger partial charge on any atom is 0.203 e. The molecule has 2 aromatic carbocycles. The molecule has 0 saturated carbocycles. The molecule has 2 aliphatic rings. The molecule has 0 fully saturated rings. The summed E-state index contributed by atoms with van der Waals surface area (Å²) in [6.45, 7) is 4.48. The monoisotopic (exact) mass is 330 g/mol. The Bertz CT molecular complexity index is 1140. The molecule has 1 aliphatic heterocycles. The molecular formula is C21H20N3O+. The topological polar surface area (TPSA) is 41.1 Å². The third kappa shape index (κ3) is 2.76. The van der Waals surface area contributed by atoms with E-state index in [1.54, 1.807) is 0 Å². The lowest BCUT2D eigenvalue weighted by atomic mass is 10.1. The molecule has 0 atom stereocenters. The Morgan fingerprint density at radius 3 is 2.80 bits per heavy atom. The maximum atomic E-state index is 6.12. The smallest absolute Gasteiger partial charge is 0.203 e. The molecule has 0 bridgehead atoms. The summed E-state index contributed by atoms with van der Waals surface area (Å²) in [5.41, 5.74) is 3.61. The molecule has 0 saturated heterocycles. The second-order valence-electron chi connectivity index (χ2n) is 6.28. The molecule has 0 amide bonds. The number of hydrogen-bond donors (Lipinski definition) is 1. The normalized spacial score (nSPS) is 11.1. The standard InChI is InChI=1S/C21H20N3O/c1-4-11-22-15-6-8-17-14(12-15)5-10-19-21(17)23-18-9-7-16(24(2)3)13-20(18)25-19/h4-10,12-13,22H,1,11H2,2-3H3/q+1. The maximum absolute atomic E-state index is 6.12. The van der Waals surface area contributed by atoms with Crippen molar-refractivity contribution in [3.05, 3.63) is 66.5 Å². The first-order chi connectivity index (χ1) is 12.2. The summed E-state index contributed by atoms with van der Waals surface area (Å²) in [6.07, 6.45) is 1.85. The first-order valence-electron chi connectivity index (χ1n) is 8.28. The van der Waals surface area contributed by atoms with E-state index in [2.05, 4.69) is 46.8 Å². The van der Waals surface area contributed by atoms with Crippen molar-refractivity contribution in [3.63, 3.8) is 0 Å². The molecule has 124 valence electrons. The Hall–Kier alpha value is -3.14. The number of aromatic nitrogens is 1. The van der Waals surface area contributed by atoms with Crippen LogP contribution >= 0.6 is 0 Å². The molecule has 4 nitrogen and oxygen atoms in total. The number of fused-ring (bicyclic) bond motifs is 4. The van der Waals surface area contributed by atoms with Crippen molar-refractivity contribution >= 4 is 27.6 Å². The molecule has 0 spiro atoms. The van der Waals surface area contributed by atoms with Crippen LogP contribution in [0.3, 0.4) is 0 Å². The fourth-order valence-electron chi connectivity index (χ4n) is 2.99. The molecule has 1 aliphatic carbocycles. The van der Waals surface area contributed by atoms with Crippen LogP contribution in [-0.4, -0.2) is 25.6 Å². The quantitative estimate of drug-likeness (QED) is 0.269. The fourth-order valence-corrected chi connectivity index (χ4v) is 2.99. The summed E-state index contributed by atoms with van der Waals surface area (Å²) in [4.78, 5) is 4.85. The van der Waals surface area contributed by atoms with Gasteiger partial charge in [-0.25, -0.2) is 9.56 Å². The van der Waals surface area contributed by atoms with Gasteiger partial charge in [-0.3, -0.25) is 0 Å². The lowest BCUT2D eigenvalue weighted by Gasteiger charge is -2.09. The molecule has 2 aromatic rings. The van der Waals surface area contributed by atoms with Gasteiger partial charge >= 0.3 is 0 Å². The van der Waals surface area contributed by atoms with Gasteiger partial charge in [-0.05, 0) is 29.7 Å². The van der Waals surface area contributed by atoms with E-state index in [9.17, 15) is 0 Å². The van der Waals surface area contributed by atoms with Crippen LogP contribution in [0.2, 0.25) is 0 Å². The van der Waals surface area contributed by atoms with Gasteiger partial charge in [0.2, 0.25) is 5.36 Å². The number of rotatable bonds is 3. The van der Waals surface area contributed by atoms with Gasteiger partial charge in [0, 0.05) is 23.7 Å². The summed E-state index contributed by atoms with van der Waals surface area (Å²) in [5, 5.41) is 6.63. The van der Waals surface area contributed by atoms with E-state index in [-0.39, 0.29) is 0 Å². The van der Waals surface area contributed by atoms with E-state index < -0.39 is 0 Å². The average molecular weight is 330 g/mol. The first kappa shape index (κ1) is 15.4. The Morgan fingerprint density at radius 1 is 1.12 bits per heavy atom. The highest BCUT2D eigenvalue weighted by molar-refractivity contribution is 6.04. The van der Waals surface area contributed by atoms with Crippen LogP contribution in [0.15, 0.2) is 65.6 Å². The highest BCUT2D eigenvalue weighted by Gasteiger charge is 2.12. The number of benzene rings is 3. The number of nitrogens with zero attached hydrogens (tertiary/aromatic N) is 2. The Labute approximate surface area is 146 Å². The van der Waals surface area contributed by atoms with Gasteiger partial charge < -0.3 is 9.73 Å². The van der Waals surface area contributed by atoms with E-state index >= 15 is 0 Å². The van der Waals surface area contributed by atoms with Crippen LogP contribution < -0.4 is 15.2 Å². The highest BCUT2D eigenvalue weighted by atomic mass is 16.3. The summed E-state index contributed by atoms with van der Waals surface area (Å²) in [7, 11) is 4.03. The predicted molar refractivity (Wildman–Crippen MR) is 104 cm³/mol. The molecule has 0 unspecified atom stereocenters. The Kier molecular flexibility index (Phi) is 3.73. The van der Waals surface area contributed by atoms with Crippen LogP contribution in [0.4, 0.5) is 5.69 Å². The van der Waals surface area contributed by atoms with Crippen molar-refractivity contribution < 1.29 is 4.42 Å². The lowest BCUT2D eigenvalue weighted by Crippen LogP contribution is -2.21. The van der Waals surface area contributed by atoms with Gasteiger partial charge in [0.1, 0.15) is 25.3 Å². The van der Waals surface area contributed by atoms with Crippen LogP contribution in [0.1, 0.15) is 0 Å². The molecule has 4 heteroatoms. The second-order valence-corrected chi connectivity index (χ2v) is 6.28. The molecular weight excluding hydrogens is 310 g/mol. The zero-order valence-corrected chi connectivity index (χ0v) is 14.4. The minimum Gasteiger partial charge on any atom is -0.453 e. The van der Waals surface area contributed by atoms with Crippen LogP contribution in [0, 0.1) is 0 Å².